The van der Waals surface area contributed by atoms with Gasteiger partial charge in [-0.15, -0.1) is 0 Å². The number of amides is 3. The van der Waals surface area contributed by atoms with Crippen LogP contribution in [0.3, 0.4) is 0 Å². The molecule has 2 heterocycles. The van der Waals surface area contributed by atoms with Gasteiger partial charge in [-0.05, 0) is 18.0 Å². The highest BCUT2D eigenvalue weighted by Crippen LogP contribution is 2.18. The largest absolute Gasteiger partial charge is 0.858 e. The maximum atomic E-state index is 11.8. The van der Waals surface area contributed by atoms with Crippen LogP contribution in [0, 0.1) is 0 Å². The number of hydrogen-bond donors (Lipinski definition) is 0. The van der Waals surface area contributed by atoms with E-state index in [-0.39, 0.29) is 11.4 Å². The number of urea groups is 1. The van der Waals surface area contributed by atoms with Crippen molar-refractivity contribution >= 4 is 18.0 Å². The Morgan fingerprint density at radius 3 is 2.00 bits per heavy atom. The molecule has 1 aliphatic heterocycles. The maximum Gasteiger partial charge on any atom is 0.331 e. The van der Waals surface area contributed by atoms with Crippen LogP contribution in [-0.4, -0.2) is 45.0 Å². The van der Waals surface area contributed by atoms with Gasteiger partial charge >= 0.3 is 11.7 Å². The quantitative estimate of drug-likeness (QED) is 0.528. The van der Waals surface area contributed by atoms with Gasteiger partial charge in [-0.1, -0.05) is 6.08 Å². The van der Waals surface area contributed by atoms with E-state index in [4.69, 9.17) is 0 Å². The molecule has 1 saturated heterocycles. The molecule has 0 spiro atoms. The van der Waals surface area contributed by atoms with Gasteiger partial charge in [0.1, 0.15) is 5.70 Å². The number of aromatic nitrogens is 2. The molecule has 2 rings (SSSR count). The van der Waals surface area contributed by atoms with E-state index in [9.17, 15) is 19.5 Å². The molecule has 112 valence electrons. The fraction of sp³-hybridized carbons (Fsp3) is 0.308. The van der Waals surface area contributed by atoms with Crippen molar-refractivity contribution in [2.75, 3.05) is 14.1 Å². The van der Waals surface area contributed by atoms with Gasteiger partial charge in [-0.3, -0.25) is 19.2 Å². The Morgan fingerprint density at radius 2 is 1.57 bits per heavy atom. The summed E-state index contributed by atoms with van der Waals surface area (Å²) in [6.07, 6.45) is 4.33. The van der Waals surface area contributed by atoms with Gasteiger partial charge < -0.3 is 9.67 Å². The zero-order valence-electron chi connectivity index (χ0n) is 12.2. The first-order valence-corrected chi connectivity index (χ1v) is 6.14. The van der Waals surface area contributed by atoms with E-state index >= 15 is 0 Å². The normalized spacial score (nSPS) is 17.8. The number of rotatable bonds is 2. The fourth-order valence-electron chi connectivity index (χ4n) is 2.06. The molecule has 0 N–H and O–H groups in total. The summed E-state index contributed by atoms with van der Waals surface area (Å²) in [5.41, 5.74) is -0.0180. The van der Waals surface area contributed by atoms with Gasteiger partial charge in [-0.2, -0.15) is 0 Å². The van der Waals surface area contributed by atoms with Gasteiger partial charge in [0.25, 0.3) is 5.91 Å². The fourth-order valence-corrected chi connectivity index (χ4v) is 2.06. The minimum atomic E-state index is -0.420. The van der Waals surface area contributed by atoms with Crippen LogP contribution in [0.2, 0.25) is 0 Å². The predicted molar refractivity (Wildman–Crippen MR) is 73.1 cm³/mol. The molecule has 8 heteroatoms. The molecule has 0 radical (unpaired) electrons. The molecule has 0 unspecified atom stereocenters. The molecule has 0 aliphatic carbocycles. The van der Waals surface area contributed by atoms with Crippen molar-refractivity contribution in [1.82, 2.24) is 18.9 Å². The third-order valence-corrected chi connectivity index (χ3v) is 3.43. The smallest absolute Gasteiger partial charge is 0.331 e. The average molecular weight is 291 g/mol. The highest BCUT2D eigenvalue weighted by atomic mass is 16.3. The van der Waals surface area contributed by atoms with E-state index < -0.39 is 23.5 Å². The second kappa shape index (κ2) is 4.97. The Kier molecular flexibility index (Phi) is 3.46. The van der Waals surface area contributed by atoms with Crippen LogP contribution in [0.15, 0.2) is 22.6 Å². The first-order valence-electron chi connectivity index (χ1n) is 6.14. The lowest BCUT2D eigenvalue weighted by atomic mass is 10.3. The van der Waals surface area contributed by atoms with Crippen molar-refractivity contribution in [3.05, 3.63) is 34.0 Å². The van der Waals surface area contributed by atoms with Crippen molar-refractivity contribution in [2.24, 2.45) is 14.1 Å². The maximum absolute atomic E-state index is 11.8. The summed E-state index contributed by atoms with van der Waals surface area (Å²) in [5.74, 6) is -0.840. The number of imide groups is 1. The van der Waals surface area contributed by atoms with Crippen LogP contribution in [0.25, 0.3) is 6.08 Å². The van der Waals surface area contributed by atoms with Crippen molar-refractivity contribution < 1.29 is 14.7 Å². The third-order valence-electron chi connectivity index (χ3n) is 3.43. The molecule has 0 aromatic carbocycles. The molecular formula is C13H15N4O4-. The molecule has 8 nitrogen and oxygen atoms in total. The van der Waals surface area contributed by atoms with Crippen LogP contribution in [0.5, 0.6) is 5.88 Å². The van der Waals surface area contributed by atoms with Crippen molar-refractivity contribution in [2.45, 2.75) is 0 Å². The SMILES string of the molecule is CN1C(=O)/C(=C\C=Cc2c([O-])n(C)c(=O)n2C)N(C)C1=O. The molecule has 1 fully saturated rings. The summed E-state index contributed by atoms with van der Waals surface area (Å²) in [6.45, 7) is 0. The predicted octanol–water partition coefficient (Wildman–Crippen LogP) is -0.782. The minimum absolute atomic E-state index is 0.201. The topological polar surface area (TPSA) is 90.6 Å². The molecular weight excluding hydrogens is 276 g/mol. The molecule has 0 atom stereocenters. The molecule has 1 aromatic rings. The summed E-state index contributed by atoms with van der Waals surface area (Å²) in [4.78, 5) is 37.2. The Morgan fingerprint density at radius 1 is 0.952 bits per heavy atom. The first kappa shape index (κ1) is 14.6. The van der Waals surface area contributed by atoms with Gasteiger partial charge in [0.2, 0.25) is 0 Å². The lowest BCUT2D eigenvalue weighted by molar-refractivity contribution is -0.278. The van der Waals surface area contributed by atoms with Gasteiger partial charge in [0.05, 0.1) is 5.69 Å². The monoisotopic (exact) mass is 291 g/mol. The highest BCUT2D eigenvalue weighted by Gasteiger charge is 2.35. The summed E-state index contributed by atoms with van der Waals surface area (Å²) in [7, 11) is 5.76. The Hall–Kier alpha value is -2.77. The average Bonchev–Trinajstić information content (AvgIpc) is 2.76. The number of carbonyl (C=O) groups excluding carboxylic acids is 2. The highest BCUT2D eigenvalue weighted by molar-refractivity contribution is 6.11. The van der Waals surface area contributed by atoms with E-state index in [0.717, 1.165) is 9.47 Å². The van der Waals surface area contributed by atoms with E-state index in [1.807, 2.05) is 0 Å². The number of allylic oxidation sites excluding steroid dienone is 2. The Balaban J connectivity index is 2.34. The molecule has 0 bridgehead atoms. The molecule has 3 amide bonds. The number of hydrogen-bond acceptors (Lipinski definition) is 4. The third kappa shape index (κ3) is 2.14. The van der Waals surface area contributed by atoms with E-state index in [1.165, 1.54) is 55.9 Å². The Bertz CT molecular complexity index is 738. The van der Waals surface area contributed by atoms with Crippen LogP contribution in [0.1, 0.15) is 5.69 Å². The van der Waals surface area contributed by atoms with Crippen LogP contribution < -0.4 is 10.8 Å². The van der Waals surface area contributed by atoms with Gasteiger partial charge in [-0.25, -0.2) is 9.59 Å². The van der Waals surface area contributed by atoms with E-state index in [2.05, 4.69) is 0 Å². The molecule has 21 heavy (non-hydrogen) atoms. The molecule has 0 saturated carbocycles. The van der Waals surface area contributed by atoms with Crippen molar-refractivity contribution in [3.63, 3.8) is 0 Å². The zero-order valence-corrected chi connectivity index (χ0v) is 12.2. The summed E-state index contributed by atoms with van der Waals surface area (Å²) < 4.78 is 2.21. The van der Waals surface area contributed by atoms with E-state index in [0.29, 0.717) is 0 Å². The Labute approximate surface area is 120 Å². The van der Waals surface area contributed by atoms with Crippen molar-refractivity contribution in [3.8, 4) is 5.88 Å². The number of imidazole rings is 1. The minimum Gasteiger partial charge on any atom is -0.858 e. The van der Waals surface area contributed by atoms with Crippen LogP contribution in [0.4, 0.5) is 4.79 Å². The summed E-state index contributed by atoms with van der Waals surface area (Å²) in [6, 6.07) is -0.420. The summed E-state index contributed by atoms with van der Waals surface area (Å²) in [5, 5.41) is 11.8. The second-order valence-electron chi connectivity index (χ2n) is 4.71. The molecule has 1 aromatic heterocycles. The molecule has 1 aliphatic rings. The van der Waals surface area contributed by atoms with Gasteiger partial charge in [0.15, 0.2) is 0 Å². The summed E-state index contributed by atoms with van der Waals surface area (Å²) >= 11 is 0. The van der Waals surface area contributed by atoms with Crippen LogP contribution in [-0.2, 0) is 18.9 Å². The number of likely N-dealkylation sites (N-methyl/N-ethyl adjacent to an activating group) is 2. The lowest BCUT2D eigenvalue weighted by Crippen LogP contribution is -2.27. The van der Waals surface area contributed by atoms with Gasteiger partial charge in [0, 0.05) is 28.2 Å². The lowest BCUT2D eigenvalue weighted by Gasteiger charge is -2.07. The second-order valence-corrected chi connectivity index (χ2v) is 4.71. The number of nitrogens with zero attached hydrogens (tertiary/aromatic N) is 4. The van der Waals surface area contributed by atoms with Crippen LogP contribution >= 0.6 is 0 Å². The first-order chi connectivity index (χ1) is 9.77. The zero-order chi connectivity index (χ0) is 15.9. The van der Waals surface area contributed by atoms with Crippen molar-refractivity contribution in [1.29, 1.82) is 0 Å². The number of carbonyl (C=O) groups is 2. The van der Waals surface area contributed by atoms with E-state index in [1.54, 1.807) is 0 Å². The standard InChI is InChI=1S/C13H16N4O4/c1-14-8(10(18)16(3)12(14)20)6-5-7-9-11(19)17(4)13(21)15(9)2/h5-7,18H,1-4H3/p-1/b6-5?,9-7+.